The van der Waals surface area contributed by atoms with Crippen LogP contribution in [0.4, 0.5) is 4.79 Å². The number of hydrogen-bond donors (Lipinski definition) is 3. The summed E-state index contributed by atoms with van der Waals surface area (Å²) in [6, 6.07) is 18.6. The molecule has 3 N–H and O–H groups in total. The maximum atomic E-state index is 13.7. The molecular formula is C38H46N4O6. The minimum absolute atomic E-state index is 0.0216. The summed E-state index contributed by atoms with van der Waals surface area (Å²) in [6.45, 7) is 9.41. The Morgan fingerprint density at radius 2 is 1.54 bits per heavy atom. The monoisotopic (exact) mass is 654 g/mol. The van der Waals surface area contributed by atoms with Crippen LogP contribution in [-0.4, -0.2) is 58.2 Å². The van der Waals surface area contributed by atoms with Crippen LogP contribution in [-0.2, 0) is 19.1 Å². The summed E-state index contributed by atoms with van der Waals surface area (Å²) in [6.07, 6.45) is 6.49. The molecule has 0 bridgehead atoms. The molecule has 10 nitrogen and oxygen atoms in total. The van der Waals surface area contributed by atoms with Gasteiger partial charge < -0.3 is 15.2 Å². The van der Waals surface area contributed by atoms with Gasteiger partial charge in [-0.25, -0.2) is 4.79 Å². The standard InChI is InChI=1S/C38H46N4O6/c1-24(2)20-33(32(37(45)46)18-10-12-27-13-11-19-39-21-27)35(43)41-42(22-25(3)4)36(44)26(5)40-38(47)48-23-34-30-16-8-6-14-28(30)29-15-7-9-17-31(29)34/h6-17,19,21,24-26,32-34H,18,20,22-23H2,1-5H3,(H,40,47)(H,41,43)(H,45,46)/b12-10+/t26-,32+,33-/m1/s1. The predicted octanol–water partition coefficient (Wildman–Crippen LogP) is 6.29. The summed E-state index contributed by atoms with van der Waals surface area (Å²) in [5.41, 5.74) is 7.89. The van der Waals surface area contributed by atoms with Crippen molar-refractivity contribution in [2.24, 2.45) is 23.7 Å². The fourth-order valence-electron chi connectivity index (χ4n) is 6.11. The zero-order chi connectivity index (χ0) is 34.8. The van der Waals surface area contributed by atoms with Crippen molar-refractivity contribution in [1.29, 1.82) is 0 Å². The Kier molecular flexibility index (Phi) is 12.5. The van der Waals surface area contributed by atoms with E-state index < -0.39 is 41.8 Å². The molecule has 1 aromatic heterocycles. The normalized spacial score (nSPS) is 14.2. The minimum atomic E-state index is -1.10. The van der Waals surface area contributed by atoms with Gasteiger partial charge in [0.15, 0.2) is 0 Å². The Balaban J connectivity index is 1.41. The van der Waals surface area contributed by atoms with E-state index in [1.807, 2.05) is 70.2 Å². The second-order valence-electron chi connectivity index (χ2n) is 13.1. The summed E-state index contributed by atoms with van der Waals surface area (Å²) in [7, 11) is 0. The second kappa shape index (κ2) is 16.7. The maximum Gasteiger partial charge on any atom is 0.407 e. The van der Waals surface area contributed by atoms with E-state index in [-0.39, 0.29) is 37.3 Å². The van der Waals surface area contributed by atoms with Gasteiger partial charge in [-0.1, -0.05) is 94.4 Å². The number of alkyl carbamates (subject to hydrolysis) is 1. The lowest BCUT2D eigenvalue weighted by Crippen LogP contribution is -2.56. The number of carbonyl (C=O) groups excluding carboxylic acids is 3. The number of aromatic nitrogens is 1. The van der Waals surface area contributed by atoms with Gasteiger partial charge in [-0.15, -0.1) is 0 Å². The van der Waals surface area contributed by atoms with Gasteiger partial charge in [-0.05, 0) is 65.5 Å². The van der Waals surface area contributed by atoms with Crippen LogP contribution in [0.25, 0.3) is 17.2 Å². The molecule has 2 aromatic carbocycles. The Bertz CT molecular complexity index is 1560. The number of rotatable bonds is 14. The van der Waals surface area contributed by atoms with Crippen molar-refractivity contribution in [3.63, 3.8) is 0 Å². The second-order valence-corrected chi connectivity index (χ2v) is 13.1. The van der Waals surface area contributed by atoms with Crippen molar-refractivity contribution in [3.8, 4) is 11.1 Å². The van der Waals surface area contributed by atoms with Crippen LogP contribution in [0.1, 0.15) is 70.1 Å². The Morgan fingerprint density at radius 3 is 2.10 bits per heavy atom. The number of benzene rings is 2. The number of ether oxygens (including phenoxy) is 1. The molecule has 0 fully saturated rings. The number of nitrogens with one attached hydrogen (secondary N) is 2. The quantitative estimate of drug-likeness (QED) is 0.174. The van der Waals surface area contributed by atoms with E-state index in [0.717, 1.165) is 27.8 Å². The highest BCUT2D eigenvalue weighted by Crippen LogP contribution is 2.44. The largest absolute Gasteiger partial charge is 0.481 e. The maximum absolute atomic E-state index is 13.7. The molecular weight excluding hydrogens is 608 g/mol. The van der Waals surface area contributed by atoms with Crippen molar-refractivity contribution in [2.45, 2.75) is 59.4 Å². The number of aliphatic carboxylic acids is 1. The third-order valence-corrected chi connectivity index (χ3v) is 8.36. The third kappa shape index (κ3) is 9.30. The summed E-state index contributed by atoms with van der Waals surface area (Å²) in [5, 5.41) is 13.9. The Labute approximate surface area is 282 Å². The number of carboxylic acids is 1. The van der Waals surface area contributed by atoms with Gasteiger partial charge in [0.05, 0.1) is 11.8 Å². The fourth-order valence-corrected chi connectivity index (χ4v) is 6.11. The van der Waals surface area contributed by atoms with E-state index in [1.54, 1.807) is 30.6 Å². The highest BCUT2D eigenvalue weighted by Gasteiger charge is 2.36. The average molecular weight is 655 g/mol. The molecule has 0 saturated heterocycles. The van der Waals surface area contributed by atoms with Gasteiger partial charge in [0.2, 0.25) is 5.91 Å². The molecule has 0 radical (unpaired) electrons. The molecule has 1 aliphatic rings. The molecule has 1 heterocycles. The van der Waals surface area contributed by atoms with E-state index in [4.69, 9.17) is 4.74 Å². The molecule has 3 amide bonds. The first-order valence-corrected chi connectivity index (χ1v) is 16.5. The third-order valence-electron chi connectivity index (χ3n) is 8.36. The zero-order valence-corrected chi connectivity index (χ0v) is 28.3. The predicted molar refractivity (Wildman–Crippen MR) is 184 cm³/mol. The summed E-state index contributed by atoms with van der Waals surface area (Å²) >= 11 is 0. The number of allylic oxidation sites excluding steroid dienone is 1. The van der Waals surface area contributed by atoms with E-state index in [2.05, 4.69) is 27.9 Å². The number of hydrazine groups is 1. The molecule has 3 aromatic rings. The molecule has 0 aliphatic heterocycles. The van der Waals surface area contributed by atoms with Crippen LogP contribution in [0.5, 0.6) is 0 Å². The summed E-state index contributed by atoms with van der Waals surface area (Å²) in [4.78, 5) is 56.8. The molecule has 48 heavy (non-hydrogen) atoms. The zero-order valence-electron chi connectivity index (χ0n) is 28.3. The van der Waals surface area contributed by atoms with Gasteiger partial charge >= 0.3 is 12.1 Å². The Hall–Kier alpha value is -4.99. The molecule has 0 spiro atoms. The van der Waals surface area contributed by atoms with Gasteiger partial charge in [0, 0.05) is 24.9 Å². The van der Waals surface area contributed by atoms with Gasteiger partial charge in [-0.3, -0.25) is 29.8 Å². The number of pyridine rings is 1. The van der Waals surface area contributed by atoms with Crippen molar-refractivity contribution in [1.82, 2.24) is 20.7 Å². The topological polar surface area (TPSA) is 138 Å². The number of amides is 3. The SMILES string of the molecule is CC(C)C[C@@H](C(=O)NN(CC(C)C)C(=O)[C@@H](C)NC(=O)OCC1c2ccccc2-c2ccccc21)[C@H](C/C=C/c1cccnc1)C(=O)O. The van der Waals surface area contributed by atoms with Crippen molar-refractivity contribution >= 4 is 30.0 Å². The lowest BCUT2D eigenvalue weighted by molar-refractivity contribution is -0.151. The molecule has 4 rings (SSSR count). The average Bonchev–Trinajstić information content (AvgIpc) is 3.37. The Morgan fingerprint density at radius 1 is 0.896 bits per heavy atom. The van der Waals surface area contributed by atoms with Crippen LogP contribution < -0.4 is 10.7 Å². The number of fused-ring (bicyclic) bond motifs is 3. The smallest absolute Gasteiger partial charge is 0.407 e. The molecule has 10 heteroatoms. The first-order valence-electron chi connectivity index (χ1n) is 16.5. The van der Waals surface area contributed by atoms with E-state index in [9.17, 15) is 24.3 Å². The molecule has 1 aliphatic carbocycles. The first-order chi connectivity index (χ1) is 23.0. The summed E-state index contributed by atoms with van der Waals surface area (Å²) in [5.74, 6) is -4.28. The van der Waals surface area contributed by atoms with Gasteiger partial charge in [0.1, 0.15) is 12.6 Å². The molecule has 254 valence electrons. The molecule has 0 saturated carbocycles. The minimum Gasteiger partial charge on any atom is -0.481 e. The van der Waals surface area contributed by atoms with E-state index in [1.165, 1.54) is 11.9 Å². The molecule has 0 unspecified atom stereocenters. The lowest BCUT2D eigenvalue weighted by Gasteiger charge is -2.31. The first kappa shape index (κ1) is 35.9. The number of nitrogens with zero attached hydrogens (tertiary/aromatic N) is 2. The van der Waals surface area contributed by atoms with Crippen LogP contribution >= 0.6 is 0 Å². The number of carbonyl (C=O) groups is 4. The van der Waals surface area contributed by atoms with Gasteiger partial charge in [-0.2, -0.15) is 0 Å². The van der Waals surface area contributed by atoms with Crippen LogP contribution in [0.15, 0.2) is 79.1 Å². The highest BCUT2D eigenvalue weighted by atomic mass is 16.5. The van der Waals surface area contributed by atoms with E-state index >= 15 is 0 Å². The van der Waals surface area contributed by atoms with Gasteiger partial charge in [0.25, 0.3) is 5.91 Å². The van der Waals surface area contributed by atoms with Crippen molar-refractivity contribution in [2.75, 3.05) is 13.2 Å². The molecule has 3 atom stereocenters. The van der Waals surface area contributed by atoms with Crippen molar-refractivity contribution < 1.29 is 29.0 Å². The summed E-state index contributed by atoms with van der Waals surface area (Å²) < 4.78 is 5.63. The fraction of sp³-hybridized carbons (Fsp3) is 0.395. The van der Waals surface area contributed by atoms with Crippen LogP contribution in [0.2, 0.25) is 0 Å². The van der Waals surface area contributed by atoms with Crippen LogP contribution in [0, 0.1) is 23.7 Å². The lowest BCUT2D eigenvalue weighted by atomic mass is 9.82. The van der Waals surface area contributed by atoms with E-state index in [0.29, 0.717) is 6.42 Å². The number of hydrogen-bond acceptors (Lipinski definition) is 6. The number of carboxylic acid groups (broad SMARTS) is 1. The highest BCUT2D eigenvalue weighted by molar-refractivity contribution is 5.90. The van der Waals surface area contributed by atoms with Crippen LogP contribution in [0.3, 0.4) is 0 Å². The van der Waals surface area contributed by atoms with Crippen molar-refractivity contribution in [3.05, 3.63) is 95.8 Å².